The Morgan fingerprint density at radius 2 is 1.43 bits per heavy atom. The molecule has 0 atom stereocenters. The van der Waals surface area contributed by atoms with Crippen LogP contribution in [0.15, 0.2) is 91.0 Å². The van der Waals surface area contributed by atoms with Gasteiger partial charge in [0.15, 0.2) is 0 Å². The van der Waals surface area contributed by atoms with Gasteiger partial charge in [0, 0.05) is 15.5 Å². The summed E-state index contributed by atoms with van der Waals surface area (Å²) in [6.45, 7) is 0. The number of benzene rings is 5. The van der Waals surface area contributed by atoms with Crippen LogP contribution in [0.5, 0.6) is 0 Å². The maximum absolute atomic E-state index is 12.6. The normalized spacial score (nSPS) is 12.1. The highest BCUT2D eigenvalue weighted by molar-refractivity contribution is 7.26. The van der Waals surface area contributed by atoms with Crippen LogP contribution in [0.1, 0.15) is 1.37 Å². The van der Waals surface area contributed by atoms with Crippen LogP contribution >= 0.6 is 11.3 Å². The molecule has 1 heterocycles. The molecule has 6 aromatic rings. The van der Waals surface area contributed by atoms with Gasteiger partial charge in [-0.3, -0.25) is 10.1 Å². The maximum atomic E-state index is 12.6. The van der Waals surface area contributed by atoms with Crippen molar-refractivity contribution in [3.63, 3.8) is 0 Å². The molecule has 6 rings (SSSR count). The predicted molar refractivity (Wildman–Crippen MR) is 126 cm³/mol. The van der Waals surface area contributed by atoms with Crippen molar-refractivity contribution < 1.29 is 6.29 Å². The minimum atomic E-state index is -0.255. The third-order valence-corrected chi connectivity index (χ3v) is 6.88. The van der Waals surface area contributed by atoms with E-state index < -0.39 is 0 Å². The number of nitro benzene ring substituents is 1. The Bertz CT molecular complexity index is 1690. The molecule has 0 amide bonds. The second kappa shape index (κ2) is 6.37. The van der Waals surface area contributed by atoms with E-state index in [0.717, 1.165) is 41.9 Å². The van der Waals surface area contributed by atoms with Crippen LogP contribution in [0.3, 0.4) is 0 Å². The van der Waals surface area contributed by atoms with E-state index >= 15 is 0 Å². The summed E-state index contributed by atoms with van der Waals surface area (Å²) in [4.78, 5) is 12.3. The molecule has 0 saturated carbocycles. The SMILES string of the molecule is [2H]c1cc(-c2c([N+](=O)[O-])c3c4ccccc4sc3c3ccccc23)c2ccccc2c1. The van der Waals surface area contributed by atoms with Gasteiger partial charge in [-0.15, -0.1) is 11.3 Å². The number of nitro groups is 1. The molecule has 30 heavy (non-hydrogen) atoms. The van der Waals surface area contributed by atoms with Crippen LogP contribution in [0.25, 0.3) is 52.8 Å². The van der Waals surface area contributed by atoms with E-state index in [1.54, 1.807) is 23.5 Å². The lowest BCUT2D eigenvalue weighted by Crippen LogP contribution is -1.95. The van der Waals surface area contributed by atoms with E-state index in [9.17, 15) is 10.1 Å². The summed E-state index contributed by atoms with van der Waals surface area (Å²) in [6.07, 6.45) is 0. The lowest BCUT2D eigenvalue weighted by molar-refractivity contribution is -0.382. The number of thiophene rings is 1. The molecular weight excluding hydrogens is 390 g/mol. The highest BCUT2D eigenvalue weighted by Crippen LogP contribution is 2.50. The summed E-state index contributed by atoms with van der Waals surface area (Å²) < 4.78 is 10.3. The lowest BCUT2D eigenvalue weighted by atomic mass is 9.90. The van der Waals surface area contributed by atoms with Crippen molar-refractivity contribution in [2.75, 3.05) is 0 Å². The van der Waals surface area contributed by atoms with Gasteiger partial charge in [-0.05, 0) is 27.8 Å². The van der Waals surface area contributed by atoms with Crippen molar-refractivity contribution in [1.82, 2.24) is 0 Å². The number of nitrogens with zero attached hydrogens (tertiary/aromatic N) is 1. The Hall–Kier alpha value is -3.76. The Labute approximate surface area is 177 Å². The molecular formula is C26H15NO2S. The first-order valence-corrected chi connectivity index (χ1v) is 10.5. The summed E-state index contributed by atoms with van der Waals surface area (Å²) in [5.41, 5.74) is 1.42. The van der Waals surface area contributed by atoms with Crippen molar-refractivity contribution in [2.24, 2.45) is 0 Å². The molecule has 142 valence electrons. The number of hydrogen-bond acceptors (Lipinski definition) is 3. The molecule has 0 unspecified atom stereocenters. The number of rotatable bonds is 2. The summed E-state index contributed by atoms with van der Waals surface area (Å²) >= 11 is 1.59. The van der Waals surface area contributed by atoms with E-state index in [0.29, 0.717) is 17.0 Å². The molecule has 0 saturated heterocycles. The molecule has 3 nitrogen and oxygen atoms in total. The molecule has 0 N–H and O–H groups in total. The van der Waals surface area contributed by atoms with Crippen LogP contribution in [0.4, 0.5) is 5.69 Å². The fraction of sp³-hybridized carbons (Fsp3) is 0. The first-order valence-electron chi connectivity index (χ1n) is 10.1. The predicted octanol–water partition coefficient (Wildman–Crippen LogP) is 7.94. The van der Waals surface area contributed by atoms with E-state index in [-0.39, 0.29) is 10.6 Å². The van der Waals surface area contributed by atoms with Gasteiger partial charge in [-0.25, -0.2) is 0 Å². The topological polar surface area (TPSA) is 43.1 Å². The standard InChI is InChI=1S/C26H15NO2S/c28-27(29)25-23(18-14-7-9-16-8-1-2-10-17(16)18)19-11-3-4-12-20(19)26-24(25)21-13-5-6-15-22(21)30-26/h1-15H/i7D. The maximum Gasteiger partial charge on any atom is 0.287 e. The van der Waals surface area contributed by atoms with Gasteiger partial charge in [-0.2, -0.15) is 0 Å². The first-order chi connectivity index (χ1) is 15.1. The summed E-state index contributed by atoms with van der Waals surface area (Å²) in [7, 11) is 0. The van der Waals surface area contributed by atoms with Crippen molar-refractivity contribution in [3.05, 3.63) is 101 Å². The minimum absolute atomic E-state index is 0.113. The second-order valence-corrected chi connectivity index (χ2v) is 8.34. The monoisotopic (exact) mass is 406 g/mol. The zero-order valence-electron chi connectivity index (χ0n) is 16.8. The van der Waals surface area contributed by atoms with Crippen molar-refractivity contribution in [3.8, 4) is 11.1 Å². The molecule has 0 spiro atoms. The minimum Gasteiger partial charge on any atom is -0.258 e. The van der Waals surface area contributed by atoms with Crippen LogP contribution in [0.2, 0.25) is 0 Å². The van der Waals surface area contributed by atoms with Crippen LogP contribution < -0.4 is 0 Å². The summed E-state index contributed by atoms with van der Waals surface area (Å²) in [5, 5.41) is 17.8. The largest absolute Gasteiger partial charge is 0.287 e. The quantitative estimate of drug-likeness (QED) is 0.216. The molecule has 0 radical (unpaired) electrons. The van der Waals surface area contributed by atoms with Crippen LogP contribution in [0, 0.1) is 10.1 Å². The molecule has 0 fully saturated rings. The van der Waals surface area contributed by atoms with E-state index in [1.165, 1.54) is 0 Å². The van der Waals surface area contributed by atoms with Crippen LogP contribution in [-0.4, -0.2) is 4.92 Å². The van der Waals surface area contributed by atoms with Gasteiger partial charge in [-0.1, -0.05) is 84.9 Å². The molecule has 0 aliphatic heterocycles. The molecule has 0 aliphatic rings. The zero-order chi connectivity index (χ0) is 21.1. The Kier molecular flexibility index (Phi) is 3.42. The van der Waals surface area contributed by atoms with Crippen molar-refractivity contribution in [1.29, 1.82) is 0 Å². The van der Waals surface area contributed by atoms with E-state index in [4.69, 9.17) is 1.37 Å². The van der Waals surface area contributed by atoms with E-state index in [2.05, 4.69) is 0 Å². The molecule has 4 heteroatoms. The molecule has 5 aromatic carbocycles. The smallest absolute Gasteiger partial charge is 0.258 e. The Morgan fingerprint density at radius 3 is 2.23 bits per heavy atom. The highest BCUT2D eigenvalue weighted by atomic mass is 32.1. The third-order valence-electron chi connectivity index (χ3n) is 5.68. The fourth-order valence-electron chi connectivity index (χ4n) is 4.44. The van der Waals surface area contributed by atoms with Gasteiger partial charge in [0.2, 0.25) is 0 Å². The van der Waals surface area contributed by atoms with Crippen molar-refractivity contribution >= 4 is 58.7 Å². The first kappa shape index (κ1) is 16.1. The second-order valence-electron chi connectivity index (χ2n) is 7.28. The van der Waals surface area contributed by atoms with Gasteiger partial charge < -0.3 is 0 Å². The highest BCUT2D eigenvalue weighted by Gasteiger charge is 2.27. The Balaban J connectivity index is 1.94. The summed E-state index contributed by atoms with van der Waals surface area (Å²) in [6, 6.07) is 27.4. The van der Waals surface area contributed by atoms with Gasteiger partial charge in [0.1, 0.15) is 0 Å². The average molecular weight is 406 g/mol. The van der Waals surface area contributed by atoms with Gasteiger partial charge >= 0.3 is 0 Å². The van der Waals surface area contributed by atoms with Gasteiger partial charge in [0.05, 0.1) is 21.9 Å². The summed E-state index contributed by atoms with van der Waals surface area (Å²) in [5.74, 6) is 0. The van der Waals surface area contributed by atoms with Gasteiger partial charge in [0.25, 0.3) is 5.69 Å². The average Bonchev–Trinajstić information content (AvgIpc) is 3.17. The lowest BCUT2D eigenvalue weighted by Gasteiger charge is -2.13. The fourth-order valence-corrected chi connectivity index (χ4v) is 5.69. The number of hydrogen-bond donors (Lipinski definition) is 0. The molecule has 0 bridgehead atoms. The Morgan fingerprint density at radius 1 is 0.767 bits per heavy atom. The number of fused-ring (bicyclic) bond motifs is 6. The van der Waals surface area contributed by atoms with Crippen molar-refractivity contribution in [2.45, 2.75) is 0 Å². The zero-order valence-corrected chi connectivity index (χ0v) is 16.6. The molecule has 1 aromatic heterocycles. The third kappa shape index (κ3) is 2.31. The molecule has 0 aliphatic carbocycles. The van der Waals surface area contributed by atoms with E-state index in [1.807, 2.05) is 72.8 Å². The van der Waals surface area contributed by atoms with Crippen LogP contribution in [-0.2, 0) is 0 Å².